The lowest BCUT2D eigenvalue weighted by Gasteiger charge is -2.16. The normalized spacial score (nSPS) is 11.6. The number of para-hydroxylation sites is 1. The highest BCUT2D eigenvalue weighted by Gasteiger charge is 2.22. The molecule has 3 rings (SSSR count). The fourth-order valence-electron chi connectivity index (χ4n) is 3.02. The van der Waals surface area contributed by atoms with E-state index in [0.29, 0.717) is 5.69 Å². The van der Waals surface area contributed by atoms with Gasteiger partial charge in [0.25, 0.3) is 5.91 Å². The molecule has 3 aromatic carbocycles. The average Bonchev–Trinajstić information content (AvgIpc) is 2.67. The van der Waals surface area contributed by atoms with Gasteiger partial charge >= 0.3 is 5.97 Å². The van der Waals surface area contributed by atoms with Crippen molar-refractivity contribution in [3.05, 3.63) is 77.9 Å². The summed E-state index contributed by atoms with van der Waals surface area (Å²) in [6, 6.07) is 18.9. The van der Waals surface area contributed by atoms with Crippen molar-refractivity contribution in [1.29, 1.82) is 0 Å². The monoisotopic (exact) mass is 376 g/mol. The fourth-order valence-corrected chi connectivity index (χ4v) is 3.02. The van der Waals surface area contributed by atoms with Gasteiger partial charge in [0, 0.05) is 13.3 Å². The Balaban J connectivity index is 1.80. The minimum atomic E-state index is -1.13. The van der Waals surface area contributed by atoms with Gasteiger partial charge in [0.1, 0.15) is 6.04 Å². The maximum atomic E-state index is 12.6. The summed E-state index contributed by atoms with van der Waals surface area (Å²) in [6.45, 7) is 1.34. The number of carboxylic acids is 1. The second-order valence-electron chi connectivity index (χ2n) is 6.48. The number of aliphatic carboxylic acids is 1. The molecule has 1 atom stereocenters. The predicted octanol–water partition coefficient (Wildman–Crippen LogP) is 3.22. The van der Waals surface area contributed by atoms with Crippen LogP contribution in [0.4, 0.5) is 5.69 Å². The van der Waals surface area contributed by atoms with E-state index in [2.05, 4.69) is 10.6 Å². The van der Waals surface area contributed by atoms with Crippen LogP contribution in [0, 0.1) is 0 Å². The molecule has 0 aliphatic heterocycles. The topological polar surface area (TPSA) is 95.5 Å². The second-order valence-corrected chi connectivity index (χ2v) is 6.48. The third-order valence-corrected chi connectivity index (χ3v) is 4.34. The van der Waals surface area contributed by atoms with Crippen LogP contribution < -0.4 is 10.6 Å². The van der Waals surface area contributed by atoms with Gasteiger partial charge in [-0.05, 0) is 28.5 Å². The number of nitrogens with one attached hydrogen (secondary N) is 2. The van der Waals surface area contributed by atoms with Crippen LogP contribution in [0.1, 0.15) is 22.8 Å². The van der Waals surface area contributed by atoms with Gasteiger partial charge in [-0.25, -0.2) is 4.79 Å². The number of carbonyl (C=O) groups excluding carboxylic acids is 2. The number of fused-ring (bicyclic) bond motifs is 1. The second kappa shape index (κ2) is 8.35. The molecular formula is C22H20N2O4. The number of rotatable bonds is 6. The molecular weight excluding hydrogens is 356 g/mol. The summed E-state index contributed by atoms with van der Waals surface area (Å²) >= 11 is 0. The Labute approximate surface area is 162 Å². The molecule has 0 unspecified atom stereocenters. The standard InChI is InChI=1S/C22H20N2O4/c1-14(25)23-19-9-5-4-8-18(19)21(26)24-20(22(27)28)13-15-10-11-16-6-2-3-7-17(16)12-15/h2-12,20H,13H2,1H3,(H,23,25)(H,24,26)(H,27,28)/t20-/m0/s1. The summed E-state index contributed by atoms with van der Waals surface area (Å²) in [5.41, 5.74) is 1.35. The van der Waals surface area contributed by atoms with E-state index in [1.54, 1.807) is 18.2 Å². The van der Waals surface area contributed by atoms with Gasteiger partial charge in [-0.15, -0.1) is 0 Å². The van der Waals surface area contributed by atoms with E-state index in [1.165, 1.54) is 13.0 Å². The van der Waals surface area contributed by atoms with Crippen LogP contribution in [-0.2, 0) is 16.0 Å². The largest absolute Gasteiger partial charge is 0.480 e. The number of anilines is 1. The van der Waals surface area contributed by atoms with Crippen molar-refractivity contribution in [2.24, 2.45) is 0 Å². The van der Waals surface area contributed by atoms with Crippen LogP contribution in [0.3, 0.4) is 0 Å². The first-order valence-electron chi connectivity index (χ1n) is 8.82. The highest BCUT2D eigenvalue weighted by molar-refractivity contribution is 6.04. The Kier molecular flexibility index (Phi) is 5.69. The average molecular weight is 376 g/mol. The molecule has 6 heteroatoms. The SMILES string of the molecule is CC(=O)Nc1ccccc1C(=O)N[C@@H](Cc1ccc2ccccc2c1)C(=O)O. The number of benzene rings is 3. The molecule has 0 saturated carbocycles. The Hall–Kier alpha value is -3.67. The van der Waals surface area contributed by atoms with Crippen molar-refractivity contribution in [2.75, 3.05) is 5.32 Å². The fraction of sp³-hybridized carbons (Fsp3) is 0.136. The summed E-state index contributed by atoms with van der Waals surface area (Å²) in [5.74, 6) is -2.00. The van der Waals surface area contributed by atoms with Gasteiger partial charge in [0.15, 0.2) is 0 Å². The molecule has 28 heavy (non-hydrogen) atoms. The van der Waals surface area contributed by atoms with E-state index in [9.17, 15) is 19.5 Å². The molecule has 0 heterocycles. The predicted molar refractivity (Wildman–Crippen MR) is 107 cm³/mol. The van der Waals surface area contributed by atoms with Gasteiger partial charge in [-0.3, -0.25) is 9.59 Å². The minimum absolute atomic E-state index is 0.147. The highest BCUT2D eigenvalue weighted by Crippen LogP contribution is 2.18. The zero-order valence-electron chi connectivity index (χ0n) is 15.3. The van der Waals surface area contributed by atoms with Crippen molar-refractivity contribution in [1.82, 2.24) is 5.32 Å². The molecule has 0 radical (unpaired) electrons. The number of hydrogen-bond acceptors (Lipinski definition) is 3. The lowest BCUT2D eigenvalue weighted by Crippen LogP contribution is -2.42. The van der Waals surface area contributed by atoms with Crippen LogP contribution >= 0.6 is 0 Å². The van der Waals surface area contributed by atoms with E-state index >= 15 is 0 Å². The van der Waals surface area contributed by atoms with E-state index in [-0.39, 0.29) is 17.9 Å². The van der Waals surface area contributed by atoms with Crippen molar-refractivity contribution in [3.8, 4) is 0 Å². The van der Waals surface area contributed by atoms with Gasteiger partial charge in [-0.2, -0.15) is 0 Å². The number of carboxylic acid groups (broad SMARTS) is 1. The van der Waals surface area contributed by atoms with Crippen LogP contribution in [0.5, 0.6) is 0 Å². The maximum absolute atomic E-state index is 12.6. The molecule has 142 valence electrons. The molecule has 3 aromatic rings. The summed E-state index contributed by atoms with van der Waals surface area (Å²) in [4.78, 5) is 35.7. The maximum Gasteiger partial charge on any atom is 0.326 e. The van der Waals surface area contributed by atoms with E-state index in [4.69, 9.17) is 0 Å². The van der Waals surface area contributed by atoms with Crippen molar-refractivity contribution in [2.45, 2.75) is 19.4 Å². The van der Waals surface area contributed by atoms with Crippen molar-refractivity contribution < 1.29 is 19.5 Å². The van der Waals surface area contributed by atoms with E-state index < -0.39 is 17.9 Å². The third-order valence-electron chi connectivity index (χ3n) is 4.34. The van der Waals surface area contributed by atoms with E-state index in [1.807, 2.05) is 42.5 Å². The summed E-state index contributed by atoms with van der Waals surface area (Å²) < 4.78 is 0. The minimum Gasteiger partial charge on any atom is -0.480 e. The highest BCUT2D eigenvalue weighted by atomic mass is 16.4. The quantitative estimate of drug-likeness (QED) is 0.615. The molecule has 0 fully saturated rings. The van der Waals surface area contributed by atoms with E-state index in [0.717, 1.165) is 16.3 Å². The number of hydrogen-bond donors (Lipinski definition) is 3. The van der Waals surface area contributed by atoms with Crippen LogP contribution in [0.2, 0.25) is 0 Å². The summed E-state index contributed by atoms with van der Waals surface area (Å²) in [5, 5.41) is 16.8. The molecule has 0 saturated heterocycles. The first-order valence-corrected chi connectivity index (χ1v) is 8.82. The van der Waals surface area contributed by atoms with Gasteiger partial charge in [-0.1, -0.05) is 54.6 Å². The van der Waals surface area contributed by atoms with Gasteiger partial charge in [0.05, 0.1) is 11.3 Å². The number of carbonyl (C=O) groups is 3. The van der Waals surface area contributed by atoms with Crippen molar-refractivity contribution >= 4 is 34.2 Å². The first kappa shape index (κ1) is 19.1. The summed E-state index contributed by atoms with van der Waals surface area (Å²) in [7, 11) is 0. The molecule has 0 aliphatic rings. The van der Waals surface area contributed by atoms with Crippen LogP contribution in [0.25, 0.3) is 10.8 Å². The summed E-state index contributed by atoms with van der Waals surface area (Å²) in [6.07, 6.45) is 0.147. The Morgan fingerprint density at radius 1 is 0.929 bits per heavy atom. The molecule has 0 aliphatic carbocycles. The van der Waals surface area contributed by atoms with Crippen molar-refractivity contribution in [3.63, 3.8) is 0 Å². The Morgan fingerprint density at radius 3 is 2.32 bits per heavy atom. The van der Waals surface area contributed by atoms with Gasteiger partial charge < -0.3 is 15.7 Å². The molecule has 0 aromatic heterocycles. The Morgan fingerprint density at radius 2 is 1.61 bits per heavy atom. The Bertz CT molecular complexity index is 1050. The van der Waals surface area contributed by atoms with Crippen LogP contribution in [0.15, 0.2) is 66.7 Å². The smallest absolute Gasteiger partial charge is 0.326 e. The zero-order chi connectivity index (χ0) is 20.1. The molecule has 0 spiro atoms. The molecule has 2 amide bonds. The third kappa shape index (κ3) is 4.54. The molecule has 0 bridgehead atoms. The van der Waals surface area contributed by atoms with Crippen LogP contribution in [-0.4, -0.2) is 28.9 Å². The zero-order valence-corrected chi connectivity index (χ0v) is 15.3. The molecule has 3 N–H and O–H groups in total. The molecule has 6 nitrogen and oxygen atoms in total. The first-order chi connectivity index (χ1) is 13.4. The lowest BCUT2D eigenvalue weighted by atomic mass is 10.0. The van der Waals surface area contributed by atoms with Gasteiger partial charge in [0.2, 0.25) is 5.91 Å². The lowest BCUT2D eigenvalue weighted by molar-refractivity contribution is -0.139. The number of amides is 2.